The molecule has 0 bridgehead atoms. The van der Waals surface area contributed by atoms with Crippen LogP contribution in [-0.4, -0.2) is 30.6 Å². The Labute approximate surface area is 173 Å². The van der Waals surface area contributed by atoms with Gasteiger partial charge in [0.15, 0.2) is 5.58 Å². The van der Waals surface area contributed by atoms with Crippen molar-refractivity contribution in [1.82, 2.24) is 15.6 Å². The molecule has 1 saturated carbocycles. The highest BCUT2D eigenvalue weighted by molar-refractivity contribution is 6.35. The van der Waals surface area contributed by atoms with Crippen molar-refractivity contribution in [3.8, 4) is 0 Å². The molecule has 8 nitrogen and oxygen atoms in total. The van der Waals surface area contributed by atoms with E-state index in [-0.39, 0.29) is 17.9 Å². The van der Waals surface area contributed by atoms with Gasteiger partial charge in [-0.15, -0.1) is 0 Å². The lowest BCUT2D eigenvalue weighted by molar-refractivity contribution is -0.144. The Hall–Kier alpha value is -2.32. The first kappa shape index (κ1) is 20.0. The second-order valence-electron chi connectivity index (χ2n) is 7.84. The van der Waals surface area contributed by atoms with Crippen LogP contribution in [0.4, 0.5) is 10.5 Å². The average molecular weight is 421 g/mol. The molecule has 1 atom stereocenters. The highest BCUT2D eigenvalue weighted by Gasteiger charge is 2.44. The Balaban J connectivity index is 1.66. The number of hydrogen-bond donors (Lipinski definition) is 3. The fourth-order valence-electron chi connectivity index (χ4n) is 4.37. The monoisotopic (exact) mass is 420 g/mol. The van der Waals surface area contributed by atoms with Crippen molar-refractivity contribution in [2.75, 3.05) is 19.0 Å². The van der Waals surface area contributed by atoms with Crippen LogP contribution in [0.1, 0.15) is 50.5 Å². The summed E-state index contributed by atoms with van der Waals surface area (Å²) in [5, 5.41) is 9.60. The number of hydrogen-bond acceptors (Lipinski definition) is 6. The fraction of sp³-hybridized carbons (Fsp3) is 0.550. The first-order valence-corrected chi connectivity index (χ1v) is 10.3. The molecule has 9 heteroatoms. The van der Waals surface area contributed by atoms with E-state index < -0.39 is 5.54 Å². The van der Waals surface area contributed by atoms with Crippen molar-refractivity contribution < 1.29 is 18.7 Å². The van der Waals surface area contributed by atoms with Crippen LogP contribution in [0.15, 0.2) is 10.5 Å². The minimum atomic E-state index is -0.483. The summed E-state index contributed by atoms with van der Waals surface area (Å²) in [6.45, 7) is 2.61. The summed E-state index contributed by atoms with van der Waals surface area (Å²) in [7, 11) is 1.38. The molecular formula is C20H25ClN4O4. The van der Waals surface area contributed by atoms with E-state index in [4.69, 9.17) is 20.8 Å². The van der Waals surface area contributed by atoms with Crippen molar-refractivity contribution in [3.63, 3.8) is 0 Å². The zero-order valence-corrected chi connectivity index (χ0v) is 17.3. The molecule has 1 aromatic heterocycles. The number of fused-ring (bicyclic) bond motifs is 4. The highest BCUT2D eigenvalue weighted by atomic mass is 35.5. The normalized spacial score (nSPS) is 18.8. The molecule has 1 aliphatic carbocycles. The molecule has 29 heavy (non-hydrogen) atoms. The first-order chi connectivity index (χ1) is 13.9. The number of methoxy groups -OCH3 is 1. The summed E-state index contributed by atoms with van der Waals surface area (Å²) >= 11 is 6.50. The molecule has 0 radical (unpaired) electrons. The number of nitrogens with one attached hydrogen (secondary N) is 3. The standard InChI is InChI=1S/C20H25ClN4O4/c1-11(18(26)28-2)9-22-10-14-23-13-8-12(21)16-15(17(13)29-14)20(25-19(27)24-16)6-4-3-5-7-20/h8,11,22H,3-7,9-10H2,1-2H3,(H2,24,25,27)/t11-/m1/s1. The van der Waals surface area contributed by atoms with Gasteiger partial charge in [0.2, 0.25) is 5.89 Å². The molecule has 2 aromatic rings. The van der Waals surface area contributed by atoms with E-state index in [1.165, 1.54) is 7.11 Å². The molecule has 0 saturated heterocycles. The Morgan fingerprint density at radius 2 is 2.17 bits per heavy atom. The van der Waals surface area contributed by atoms with E-state index in [1.54, 1.807) is 13.0 Å². The van der Waals surface area contributed by atoms with E-state index in [0.29, 0.717) is 40.8 Å². The SMILES string of the molecule is COC(=O)[C@H](C)CNCc1nc2cc(Cl)c3c(c2o1)C1(CCCCC1)NC(=O)N3. The van der Waals surface area contributed by atoms with Crippen LogP contribution in [0.25, 0.3) is 11.1 Å². The number of anilines is 1. The van der Waals surface area contributed by atoms with Gasteiger partial charge in [0.05, 0.1) is 35.8 Å². The quantitative estimate of drug-likeness (QED) is 0.637. The van der Waals surface area contributed by atoms with Crippen molar-refractivity contribution in [1.29, 1.82) is 0 Å². The lowest BCUT2D eigenvalue weighted by atomic mass is 9.74. The second kappa shape index (κ2) is 7.84. The van der Waals surface area contributed by atoms with Gasteiger partial charge in [-0.2, -0.15) is 0 Å². The van der Waals surface area contributed by atoms with Gasteiger partial charge in [-0.1, -0.05) is 37.8 Å². The smallest absolute Gasteiger partial charge is 0.319 e. The third-order valence-corrected chi connectivity index (χ3v) is 6.08. The highest BCUT2D eigenvalue weighted by Crippen LogP contribution is 2.48. The molecule has 1 aromatic carbocycles. The van der Waals surface area contributed by atoms with Crippen LogP contribution in [0.3, 0.4) is 0 Å². The summed E-state index contributed by atoms with van der Waals surface area (Å²) in [6, 6.07) is 1.49. The maximum atomic E-state index is 12.3. The third kappa shape index (κ3) is 3.67. The van der Waals surface area contributed by atoms with Crippen LogP contribution in [0.5, 0.6) is 0 Å². The number of ether oxygens (including phenoxy) is 1. The van der Waals surface area contributed by atoms with Crippen molar-refractivity contribution >= 4 is 40.4 Å². The molecule has 4 rings (SSSR count). The number of aromatic nitrogens is 1. The molecule has 0 unspecified atom stereocenters. The third-order valence-electron chi connectivity index (χ3n) is 5.78. The van der Waals surface area contributed by atoms with Gasteiger partial charge in [-0.05, 0) is 18.9 Å². The van der Waals surface area contributed by atoms with Gasteiger partial charge in [-0.25, -0.2) is 9.78 Å². The topological polar surface area (TPSA) is 105 Å². The molecule has 1 aliphatic heterocycles. The van der Waals surface area contributed by atoms with Crippen LogP contribution in [0.2, 0.25) is 5.02 Å². The average Bonchev–Trinajstić information content (AvgIpc) is 3.09. The zero-order valence-electron chi connectivity index (χ0n) is 16.6. The van der Waals surface area contributed by atoms with E-state index in [2.05, 4.69) is 20.9 Å². The Bertz CT molecular complexity index is 952. The van der Waals surface area contributed by atoms with E-state index in [1.807, 2.05) is 0 Å². The number of halogens is 1. The Morgan fingerprint density at radius 1 is 1.41 bits per heavy atom. The number of oxazole rings is 1. The summed E-state index contributed by atoms with van der Waals surface area (Å²) in [4.78, 5) is 28.4. The van der Waals surface area contributed by atoms with Crippen LogP contribution >= 0.6 is 11.6 Å². The summed E-state index contributed by atoms with van der Waals surface area (Å²) in [5.41, 5.74) is 2.33. The van der Waals surface area contributed by atoms with Gasteiger partial charge in [0, 0.05) is 12.1 Å². The van der Waals surface area contributed by atoms with E-state index in [0.717, 1.165) is 37.7 Å². The maximum absolute atomic E-state index is 12.3. The lowest BCUT2D eigenvalue weighted by Gasteiger charge is -2.42. The number of esters is 1. The number of rotatable bonds is 5. The molecule has 2 heterocycles. The van der Waals surface area contributed by atoms with Crippen molar-refractivity contribution in [2.24, 2.45) is 5.92 Å². The molecule has 2 aliphatic rings. The minimum absolute atomic E-state index is 0.237. The van der Waals surface area contributed by atoms with Gasteiger partial charge in [0.1, 0.15) is 5.52 Å². The molecule has 156 valence electrons. The molecule has 1 fully saturated rings. The van der Waals surface area contributed by atoms with Gasteiger partial charge >= 0.3 is 12.0 Å². The number of amides is 2. The number of carbonyl (C=O) groups is 2. The molecule has 1 spiro atoms. The summed E-state index contributed by atoms with van der Waals surface area (Å²) < 4.78 is 10.8. The summed E-state index contributed by atoms with van der Waals surface area (Å²) in [5.74, 6) is -0.0298. The van der Waals surface area contributed by atoms with Crippen molar-refractivity contribution in [2.45, 2.75) is 51.1 Å². The molecule has 3 N–H and O–H groups in total. The number of carbonyl (C=O) groups excluding carboxylic acids is 2. The Morgan fingerprint density at radius 3 is 2.90 bits per heavy atom. The zero-order chi connectivity index (χ0) is 20.6. The molecular weight excluding hydrogens is 396 g/mol. The number of benzene rings is 1. The Kier molecular flexibility index (Phi) is 5.40. The van der Waals surface area contributed by atoms with E-state index in [9.17, 15) is 9.59 Å². The lowest BCUT2D eigenvalue weighted by Crippen LogP contribution is -2.52. The van der Waals surface area contributed by atoms with Crippen LogP contribution < -0.4 is 16.0 Å². The number of nitrogens with zero attached hydrogens (tertiary/aromatic N) is 1. The second-order valence-corrected chi connectivity index (χ2v) is 8.25. The van der Waals surface area contributed by atoms with Gasteiger partial charge in [0.25, 0.3) is 0 Å². The first-order valence-electron chi connectivity index (χ1n) is 9.93. The van der Waals surface area contributed by atoms with Gasteiger partial charge in [-0.3, -0.25) is 4.79 Å². The summed E-state index contributed by atoms with van der Waals surface area (Å²) in [6.07, 6.45) is 4.89. The van der Waals surface area contributed by atoms with Crippen LogP contribution in [0, 0.1) is 5.92 Å². The van der Waals surface area contributed by atoms with Gasteiger partial charge < -0.3 is 25.1 Å². The minimum Gasteiger partial charge on any atom is -0.469 e. The van der Waals surface area contributed by atoms with Crippen LogP contribution in [-0.2, 0) is 21.6 Å². The van der Waals surface area contributed by atoms with E-state index >= 15 is 0 Å². The predicted molar refractivity (Wildman–Crippen MR) is 109 cm³/mol. The van der Waals surface area contributed by atoms with Crippen molar-refractivity contribution in [3.05, 3.63) is 22.5 Å². The fourth-order valence-corrected chi connectivity index (χ4v) is 4.61. The maximum Gasteiger partial charge on any atom is 0.319 e. The predicted octanol–water partition coefficient (Wildman–Crippen LogP) is 3.67. The number of urea groups is 1. The molecule has 2 amide bonds. The largest absolute Gasteiger partial charge is 0.469 e.